The zero-order valence-corrected chi connectivity index (χ0v) is 13.8. The Morgan fingerprint density at radius 2 is 2.13 bits per heavy atom. The summed E-state index contributed by atoms with van der Waals surface area (Å²) in [5, 5.41) is 4.49. The fourth-order valence-electron chi connectivity index (χ4n) is 2.16. The van der Waals surface area contributed by atoms with Gasteiger partial charge in [-0.25, -0.2) is 13.9 Å². The lowest BCUT2D eigenvalue weighted by Crippen LogP contribution is -2.10. The van der Waals surface area contributed by atoms with Gasteiger partial charge in [0.2, 0.25) is 0 Å². The van der Waals surface area contributed by atoms with Crippen molar-refractivity contribution in [2.24, 2.45) is 0 Å². The van der Waals surface area contributed by atoms with E-state index in [1.807, 2.05) is 0 Å². The van der Waals surface area contributed by atoms with E-state index in [9.17, 15) is 9.18 Å². The van der Waals surface area contributed by atoms with E-state index in [-0.39, 0.29) is 29.8 Å². The predicted molar refractivity (Wildman–Crippen MR) is 84.3 cm³/mol. The molecule has 23 heavy (non-hydrogen) atoms. The molecule has 0 bridgehead atoms. The molecule has 0 atom stereocenters. The van der Waals surface area contributed by atoms with Crippen LogP contribution in [-0.2, 0) is 22.4 Å². The normalized spacial score (nSPS) is 10.8. The molecular formula is C16H18ClFN2O3. The highest BCUT2D eigenvalue weighted by Gasteiger charge is 2.23. The van der Waals surface area contributed by atoms with Crippen molar-refractivity contribution < 1.29 is 18.7 Å². The molecule has 0 aliphatic heterocycles. The molecule has 2 rings (SSSR count). The fourth-order valence-corrected chi connectivity index (χ4v) is 2.44. The summed E-state index contributed by atoms with van der Waals surface area (Å²) < 4.78 is 25.2. The minimum absolute atomic E-state index is 0.130. The maximum Gasteiger partial charge on any atom is 0.359 e. The first-order chi connectivity index (χ1) is 11.1. The lowest BCUT2D eigenvalue weighted by molar-refractivity contribution is 0.0517. The van der Waals surface area contributed by atoms with Crippen molar-refractivity contribution in [3.05, 3.63) is 52.1 Å². The quantitative estimate of drug-likeness (QED) is 0.727. The lowest BCUT2D eigenvalue weighted by atomic mass is 10.2. The minimum atomic E-state index is -0.548. The molecule has 124 valence electrons. The Bertz CT molecular complexity index is 688. The number of hydrogen-bond donors (Lipinski definition) is 0. The molecule has 1 aromatic carbocycles. The van der Waals surface area contributed by atoms with Crippen molar-refractivity contribution in [3.63, 3.8) is 0 Å². The number of rotatable bonds is 7. The van der Waals surface area contributed by atoms with Crippen molar-refractivity contribution in [2.45, 2.75) is 19.9 Å². The molecule has 1 aromatic heterocycles. The van der Waals surface area contributed by atoms with Crippen LogP contribution in [0.5, 0.6) is 0 Å². The zero-order valence-electron chi connectivity index (χ0n) is 13.0. The van der Waals surface area contributed by atoms with Crippen molar-refractivity contribution >= 4 is 17.6 Å². The summed E-state index contributed by atoms with van der Waals surface area (Å²) >= 11 is 6.33. The molecule has 0 saturated carbocycles. The van der Waals surface area contributed by atoms with Gasteiger partial charge in [0.25, 0.3) is 0 Å². The molecule has 0 fully saturated rings. The second-order valence-electron chi connectivity index (χ2n) is 4.83. The van der Waals surface area contributed by atoms with Crippen LogP contribution in [-0.4, -0.2) is 36.1 Å². The topological polar surface area (TPSA) is 53.3 Å². The van der Waals surface area contributed by atoms with E-state index in [2.05, 4.69) is 5.10 Å². The Labute approximate surface area is 139 Å². The third-order valence-electron chi connectivity index (χ3n) is 3.29. The SMILES string of the molecule is CCOC(=O)c1nn(Cc2ccccc2F)c(Cl)c1CCOC. The summed E-state index contributed by atoms with van der Waals surface area (Å²) in [6, 6.07) is 6.35. The van der Waals surface area contributed by atoms with Crippen LogP contribution >= 0.6 is 11.6 Å². The molecule has 7 heteroatoms. The number of methoxy groups -OCH3 is 1. The number of benzene rings is 1. The van der Waals surface area contributed by atoms with Crippen LogP contribution in [0.3, 0.4) is 0 Å². The van der Waals surface area contributed by atoms with Crippen LogP contribution in [0.4, 0.5) is 4.39 Å². The van der Waals surface area contributed by atoms with E-state index in [1.165, 1.54) is 10.7 Å². The van der Waals surface area contributed by atoms with Crippen molar-refractivity contribution in [1.29, 1.82) is 0 Å². The molecule has 1 heterocycles. The standard InChI is InChI=1S/C16H18ClFN2O3/c1-3-23-16(21)14-12(8-9-22-2)15(17)20(19-14)10-11-6-4-5-7-13(11)18/h4-7H,3,8-10H2,1-2H3. The van der Waals surface area contributed by atoms with Crippen LogP contribution in [0, 0.1) is 5.82 Å². The molecule has 0 aliphatic carbocycles. The Balaban J connectivity index is 2.36. The Morgan fingerprint density at radius 1 is 1.39 bits per heavy atom. The van der Waals surface area contributed by atoms with Gasteiger partial charge in [-0.15, -0.1) is 0 Å². The number of aromatic nitrogens is 2. The molecule has 5 nitrogen and oxygen atoms in total. The Morgan fingerprint density at radius 3 is 2.78 bits per heavy atom. The first kappa shape index (κ1) is 17.4. The molecule has 0 amide bonds. The van der Waals surface area contributed by atoms with Crippen molar-refractivity contribution in [3.8, 4) is 0 Å². The molecule has 0 N–H and O–H groups in total. The van der Waals surface area contributed by atoms with Crippen LogP contribution < -0.4 is 0 Å². The minimum Gasteiger partial charge on any atom is -0.461 e. The van der Waals surface area contributed by atoms with E-state index >= 15 is 0 Å². The van der Waals surface area contributed by atoms with E-state index in [1.54, 1.807) is 32.2 Å². The van der Waals surface area contributed by atoms with Gasteiger partial charge >= 0.3 is 5.97 Å². The second kappa shape index (κ2) is 8.08. The van der Waals surface area contributed by atoms with Gasteiger partial charge in [-0.05, 0) is 13.0 Å². The van der Waals surface area contributed by atoms with Crippen LogP contribution in [0.15, 0.2) is 24.3 Å². The highest BCUT2D eigenvalue weighted by Crippen LogP contribution is 2.23. The number of nitrogens with zero attached hydrogens (tertiary/aromatic N) is 2. The van der Waals surface area contributed by atoms with Crippen molar-refractivity contribution in [2.75, 3.05) is 20.3 Å². The summed E-state index contributed by atoms with van der Waals surface area (Å²) in [7, 11) is 1.56. The maximum absolute atomic E-state index is 13.8. The van der Waals surface area contributed by atoms with Gasteiger partial charge in [0.05, 0.1) is 19.8 Å². The van der Waals surface area contributed by atoms with E-state index < -0.39 is 5.97 Å². The highest BCUT2D eigenvalue weighted by molar-refractivity contribution is 6.30. The number of ether oxygens (including phenoxy) is 2. The van der Waals surface area contributed by atoms with Gasteiger partial charge in [-0.2, -0.15) is 5.10 Å². The van der Waals surface area contributed by atoms with Gasteiger partial charge in [0.15, 0.2) is 5.69 Å². The first-order valence-electron chi connectivity index (χ1n) is 7.23. The van der Waals surface area contributed by atoms with E-state index in [0.717, 1.165) is 0 Å². The largest absolute Gasteiger partial charge is 0.461 e. The molecule has 0 spiro atoms. The summed E-state index contributed by atoms with van der Waals surface area (Å²) in [5.41, 5.74) is 1.12. The average molecular weight is 341 g/mol. The molecule has 0 aliphatic rings. The number of carbonyl (C=O) groups excluding carboxylic acids is 1. The maximum atomic E-state index is 13.8. The number of carbonyl (C=O) groups is 1. The van der Waals surface area contributed by atoms with Crippen LogP contribution in [0.25, 0.3) is 0 Å². The summed E-state index contributed by atoms with van der Waals surface area (Å²) in [6.45, 7) is 2.47. The monoisotopic (exact) mass is 340 g/mol. The van der Waals surface area contributed by atoms with Crippen LogP contribution in [0.2, 0.25) is 5.15 Å². The molecule has 0 unspecified atom stereocenters. The summed E-state index contributed by atoms with van der Waals surface area (Å²) in [5.74, 6) is -0.900. The zero-order chi connectivity index (χ0) is 16.8. The fraction of sp³-hybridized carbons (Fsp3) is 0.375. The third-order valence-corrected chi connectivity index (χ3v) is 3.71. The van der Waals surface area contributed by atoms with Gasteiger partial charge in [-0.1, -0.05) is 29.8 Å². The number of esters is 1. The smallest absolute Gasteiger partial charge is 0.359 e. The van der Waals surface area contributed by atoms with E-state index in [0.29, 0.717) is 24.2 Å². The van der Waals surface area contributed by atoms with Gasteiger partial charge in [0.1, 0.15) is 11.0 Å². The Kier molecular flexibility index (Phi) is 6.12. The average Bonchev–Trinajstić information content (AvgIpc) is 2.84. The van der Waals surface area contributed by atoms with Crippen LogP contribution in [0.1, 0.15) is 28.5 Å². The molecule has 2 aromatic rings. The second-order valence-corrected chi connectivity index (χ2v) is 5.19. The highest BCUT2D eigenvalue weighted by atomic mass is 35.5. The third kappa shape index (κ3) is 4.09. The van der Waals surface area contributed by atoms with Gasteiger partial charge in [-0.3, -0.25) is 0 Å². The van der Waals surface area contributed by atoms with Gasteiger partial charge in [0, 0.05) is 24.7 Å². The number of halogens is 2. The lowest BCUT2D eigenvalue weighted by Gasteiger charge is -2.05. The number of hydrogen-bond acceptors (Lipinski definition) is 4. The molecule has 0 radical (unpaired) electrons. The van der Waals surface area contributed by atoms with Crippen molar-refractivity contribution in [1.82, 2.24) is 9.78 Å². The Hall–Kier alpha value is -1.92. The van der Waals surface area contributed by atoms with E-state index in [4.69, 9.17) is 21.1 Å². The predicted octanol–water partition coefficient (Wildman–Crippen LogP) is 3.09. The molecule has 0 saturated heterocycles. The first-order valence-corrected chi connectivity index (χ1v) is 7.60. The summed E-state index contributed by atoms with van der Waals surface area (Å²) in [6.07, 6.45) is 0.417. The van der Waals surface area contributed by atoms with Gasteiger partial charge < -0.3 is 9.47 Å². The molecular weight excluding hydrogens is 323 g/mol. The summed E-state index contributed by atoms with van der Waals surface area (Å²) in [4.78, 5) is 12.0.